The van der Waals surface area contributed by atoms with Crippen molar-refractivity contribution in [1.29, 1.82) is 0 Å². The minimum Gasteiger partial charge on any atom is -0.486 e. The molecule has 0 radical (unpaired) electrons. The molecule has 1 aromatic carbocycles. The van der Waals surface area contributed by atoms with E-state index in [9.17, 15) is 0 Å². The van der Waals surface area contributed by atoms with Crippen LogP contribution >= 0.6 is 0 Å². The van der Waals surface area contributed by atoms with E-state index in [0.29, 0.717) is 19.3 Å². The average Bonchev–Trinajstić information content (AvgIpc) is 2.29. The summed E-state index contributed by atoms with van der Waals surface area (Å²) in [7, 11) is 0. The predicted octanol–water partition coefficient (Wildman–Crippen LogP) is 2.31. The minimum atomic E-state index is 0.535. The van der Waals surface area contributed by atoms with Gasteiger partial charge in [0.1, 0.15) is 13.2 Å². The third-order valence-electron chi connectivity index (χ3n) is 2.95. The summed E-state index contributed by atoms with van der Waals surface area (Å²) in [5.74, 6) is 1.77. The Morgan fingerprint density at radius 3 is 2.47 bits per heavy atom. The number of hydrogen-bond acceptors (Lipinski definition) is 3. The number of benzene rings is 1. The molecule has 0 fully saturated rings. The number of nitrogens with one attached hydrogen (secondary N) is 1. The molecule has 0 aromatic heterocycles. The molecule has 1 aliphatic heterocycles. The first-order chi connectivity index (χ1) is 8.16. The first-order valence-electron chi connectivity index (χ1n) is 6.29. The van der Waals surface area contributed by atoms with Crippen molar-refractivity contribution in [3.05, 3.63) is 23.3 Å². The van der Waals surface area contributed by atoms with Gasteiger partial charge in [-0.3, -0.25) is 0 Å². The van der Waals surface area contributed by atoms with Gasteiger partial charge >= 0.3 is 0 Å². The second kappa shape index (κ2) is 5.41. The van der Waals surface area contributed by atoms with Gasteiger partial charge < -0.3 is 14.8 Å². The fourth-order valence-electron chi connectivity index (χ4n) is 2.00. The molecule has 3 heteroatoms. The Morgan fingerprint density at radius 1 is 1.18 bits per heavy atom. The topological polar surface area (TPSA) is 30.5 Å². The van der Waals surface area contributed by atoms with Crippen LogP contribution in [0.25, 0.3) is 0 Å². The molecule has 0 spiro atoms. The maximum absolute atomic E-state index is 5.60. The van der Waals surface area contributed by atoms with Gasteiger partial charge in [-0.25, -0.2) is 0 Å². The molecule has 0 saturated heterocycles. The quantitative estimate of drug-likeness (QED) is 0.868. The summed E-state index contributed by atoms with van der Waals surface area (Å²) in [6, 6.07) is 4.73. The highest BCUT2D eigenvalue weighted by Crippen LogP contribution is 2.33. The van der Waals surface area contributed by atoms with Crippen LogP contribution in [-0.2, 0) is 6.42 Å². The maximum Gasteiger partial charge on any atom is 0.161 e. The van der Waals surface area contributed by atoms with Crippen LogP contribution in [0.3, 0.4) is 0 Å². The zero-order valence-electron chi connectivity index (χ0n) is 10.9. The number of fused-ring (bicyclic) bond motifs is 1. The molecular formula is C14H21NO2. The molecule has 94 valence electrons. The van der Waals surface area contributed by atoms with E-state index >= 15 is 0 Å². The van der Waals surface area contributed by atoms with Gasteiger partial charge in [0, 0.05) is 6.04 Å². The number of ether oxygens (including phenoxy) is 2. The predicted molar refractivity (Wildman–Crippen MR) is 69.0 cm³/mol. The molecule has 17 heavy (non-hydrogen) atoms. The van der Waals surface area contributed by atoms with Gasteiger partial charge in [-0.15, -0.1) is 0 Å². The number of hydrogen-bond donors (Lipinski definition) is 1. The van der Waals surface area contributed by atoms with Crippen LogP contribution in [0, 0.1) is 6.92 Å². The highest BCUT2D eigenvalue weighted by molar-refractivity contribution is 5.47. The van der Waals surface area contributed by atoms with Gasteiger partial charge in [-0.05, 0) is 43.1 Å². The molecule has 1 aromatic rings. The van der Waals surface area contributed by atoms with Crippen LogP contribution in [0.15, 0.2) is 12.1 Å². The molecular weight excluding hydrogens is 214 g/mol. The molecule has 0 aliphatic carbocycles. The Morgan fingerprint density at radius 2 is 1.82 bits per heavy atom. The fraction of sp³-hybridized carbons (Fsp3) is 0.571. The van der Waals surface area contributed by atoms with E-state index in [2.05, 4.69) is 38.2 Å². The van der Waals surface area contributed by atoms with Gasteiger partial charge in [0.05, 0.1) is 0 Å². The van der Waals surface area contributed by atoms with Gasteiger partial charge in [0.25, 0.3) is 0 Å². The molecule has 0 atom stereocenters. The molecule has 0 bridgehead atoms. The van der Waals surface area contributed by atoms with E-state index < -0.39 is 0 Å². The molecule has 0 saturated carbocycles. The summed E-state index contributed by atoms with van der Waals surface area (Å²) in [6.45, 7) is 8.76. The molecule has 1 heterocycles. The Kier molecular flexibility index (Phi) is 3.89. The molecule has 1 N–H and O–H groups in total. The fourth-order valence-corrected chi connectivity index (χ4v) is 2.00. The summed E-state index contributed by atoms with van der Waals surface area (Å²) in [4.78, 5) is 0. The second-order valence-corrected chi connectivity index (χ2v) is 4.78. The summed E-state index contributed by atoms with van der Waals surface area (Å²) < 4.78 is 11.2. The van der Waals surface area contributed by atoms with E-state index in [4.69, 9.17) is 9.47 Å². The van der Waals surface area contributed by atoms with E-state index in [1.165, 1.54) is 11.1 Å². The lowest BCUT2D eigenvalue weighted by molar-refractivity contribution is 0.171. The Bertz CT molecular complexity index is 388. The van der Waals surface area contributed by atoms with Crippen LogP contribution in [-0.4, -0.2) is 25.8 Å². The normalized spacial score (nSPS) is 14.1. The van der Waals surface area contributed by atoms with Gasteiger partial charge in [0.2, 0.25) is 0 Å². The van der Waals surface area contributed by atoms with Crippen LogP contribution < -0.4 is 14.8 Å². The number of aryl methyl sites for hydroxylation is 1. The highest BCUT2D eigenvalue weighted by Gasteiger charge is 2.13. The van der Waals surface area contributed by atoms with E-state index in [0.717, 1.165) is 24.5 Å². The molecule has 0 amide bonds. The van der Waals surface area contributed by atoms with Gasteiger partial charge in [-0.2, -0.15) is 0 Å². The first-order valence-corrected chi connectivity index (χ1v) is 6.29. The average molecular weight is 235 g/mol. The summed E-state index contributed by atoms with van der Waals surface area (Å²) in [5, 5.41) is 3.43. The van der Waals surface area contributed by atoms with Crippen LogP contribution in [0.5, 0.6) is 11.5 Å². The Hall–Kier alpha value is -1.22. The van der Waals surface area contributed by atoms with Crippen molar-refractivity contribution >= 4 is 0 Å². The summed E-state index contributed by atoms with van der Waals surface area (Å²) in [5.41, 5.74) is 2.61. The monoisotopic (exact) mass is 235 g/mol. The van der Waals surface area contributed by atoms with Crippen molar-refractivity contribution in [2.24, 2.45) is 0 Å². The minimum absolute atomic E-state index is 0.535. The molecule has 3 nitrogen and oxygen atoms in total. The van der Waals surface area contributed by atoms with Crippen molar-refractivity contribution in [3.8, 4) is 11.5 Å². The summed E-state index contributed by atoms with van der Waals surface area (Å²) >= 11 is 0. The van der Waals surface area contributed by atoms with Gasteiger partial charge in [-0.1, -0.05) is 13.8 Å². The van der Waals surface area contributed by atoms with Crippen molar-refractivity contribution in [2.75, 3.05) is 19.8 Å². The highest BCUT2D eigenvalue weighted by atomic mass is 16.6. The van der Waals surface area contributed by atoms with Crippen LogP contribution in [0.4, 0.5) is 0 Å². The van der Waals surface area contributed by atoms with E-state index in [1.54, 1.807) is 0 Å². The lowest BCUT2D eigenvalue weighted by atomic mass is 10.0. The van der Waals surface area contributed by atoms with Crippen LogP contribution in [0.2, 0.25) is 0 Å². The van der Waals surface area contributed by atoms with Crippen molar-refractivity contribution in [2.45, 2.75) is 33.2 Å². The van der Waals surface area contributed by atoms with E-state index in [-0.39, 0.29) is 0 Å². The third-order valence-corrected chi connectivity index (χ3v) is 2.95. The van der Waals surface area contributed by atoms with Crippen LogP contribution in [0.1, 0.15) is 25.0 Å². The largest absolute Gasteiger partial charge is 0.486 e. The van der Waals surface area contributed by atoms with Gasteiger partial charge in [0.15, 0.2) is 11.5 Å². The standard InChI is InChI=1S/C14H21NO2/c1-10(2)15-5-4-12-9-14-13(8-11(12)3)16-6-7-17-14/h8-10,15H,4-7H2,1-3H3. The molecule has 2 rings (SSSR count). The second-order valence-electron chi connectivity index (χ2n) is 4.78. The summed E-state index contributed by atoms with van der Waals surface area (Å²) in [6.07, 6.45) is 1.03. The van der Waals surface area contributed by atoms with Crippen molar-refractivity contribution < 1.29 is 9.47 Å². The lowest BCUT2D eigenvalue weighted by Crippen LogP contribution is -2.25. The SMILES string of the molecule is Cc1cc2c(cc1CCNC(C)C)OCCO2. The smallest absolute Gasteiger partial charge is 0.161 e. The maximum atomic E-state index is 5.60. The Labute approximate surface area is 103 Å². The van der Waals surface area contributed by atoms with Crippen molar-refractivity contribution in [1.82, 2.24) is 5.32 Å². The zero-order valence-corrected chi connectivity index (χ0v) is 10.9. The van der Waals surface area contributed by atoms with E-state index in [1.807, 2.05) is 0 Å². The Balaban J connectivity index is 2.06. The zero-order chi connectivity index (χ0) is 12.3. The molecule has 1 aliphatic rings. The molecule has 0 unspecified atom stereocenters. The third kappa shape index (κ3) is 3.13. The van der Waals surface area contributed by atoms with Crippen molar-refractivity contribution in [3.63, 3.8) is 0 Å². The first kappa shape index (κ1) is 12.2. The number of rotatable bonds is 4. The lowest BCUT2D eigenvalue weighted by Gasteiger charge is -2.20.